The molecule has 4 nitrogen and oxygen atoms in total. The summed E-state index contributed by atoms with van der Waals surface area (Å²) in [5.74, 6) is -0.0871. The van der Waals surface area contributed by atoms with Crippen LogP contribution in [0.15, 0.2) is 84.8 Å². The number of rotatable bonds is 5. The van der Waals surface area contributed by atoms with Gasteiger partial charge in [-0.1, -0.05) is 30.3 Å². The number of carbonyl (C=O) groups is 1. The summed E-state index contributed by atoms with van der Waals surface area (Å²) >= 11 is 10.4. The van der Waals surface area contributed by atoms with E-state index in [4.69, 9.17) is 9.47 Å². The van der Waals surface area contributed by atoms with Crippen molar-refractivity contribution in [1.29, 1.82) is 0 Å². The summed E-state index contributed by atoms with van der Waals surface area (Å²) in [5.41, 5.74) is 2.04. The standard InChI is InChI=1S/C23H13Br3FNO3/c24-16-7-3-2-6-15(16)22-28-20(23(29)31-22)11-13-9-17(25)21(18(26)10-13)30-12-14-5-1-4-8-19(14)27/h1-11H,12H2. The Morgan fingerprint density at radius 3 is 2.35 bits per heavy atom. The van der Waals surface area contributed by atoms with Crippen molar-refractivity contribution >= 4 is 65.7 Å². The topological polar surface area (TPSA) is 47.9 Å². The number of benzene rings is 3. The first-order chi connectivity index (χ1) is 14.9. The Morgan fingerprint density at radius 2 is 1.65 bits per heavy atom. The molecule has 0 unspecified atom stereocenters. The summed E-state index contributed by atoms with van der Waals surface area (Å²) in [7, 11) is 0. The second-order valence-corrected chi connectivity index (χ2v) is 9.07. The number of nitrogens with zero attached hydrogens (tertiary/aromatic N) is 1. The quantitative estimate of drug-likeness (QED) is 0.230. The molecule has 0 fully saturated rings. The van der Waals surface area contributed by atoms with Crippen LogP contribution in [-0.4, -0.2) is 11.9 Å². The van der Waals surface area contributed by atoms with Gasteiger partial charge in [0.2, 0.25) is 5.90 Å². The highest BCUT2D eigenvalue weighted by molar-refractivity contribution is 9.11. The van der Waals surface area contributed by atoms with Gasteiger partial charge in [0.15, 0.2) is 5.70 Å². The molecule has 1 aliphatic rings. The Balaban J connectivity index is 1.58. The molecule has 0 saturated carbocycles. The fourth-order valence-electron chi connectivity index (χ4n) is 2.88. The van der Waals surface area contributed by atoms with Crippen molar-refractivity contribution in [3.63, 3.8) is 0 Å². The van der Waals surface area contributed by atoms with Crippen LogP contribution in [0.5, 0.6) is 5.75 Å². The highest BCUT2D eigenvalue weighted by Gasteiger charge is 2.25. The first-order valence-corrected chi connectivity index (χ1v) is 11.4. The molecule has 0 N–H and O–H groups in total. The van der Waals surface area contributed by atoms with Crippen molar-refractivity contribution < 1.29 is 18.7 Å². The average Bonchev–Trinajstić information content (AvgIpc) is 3.09. The fraction of sp³-hybridized carbons (Fsp3) is 0.0435. The second-order valence-electron chi connectivity index (χ2n) is 6.51. The van der Waals surface area contributed by atoms with Crippen LogP contribution in [0.2, 0.25) is 0 Å². The molecule has 0 bridgehead atoms. The van der Waals surface area contributed by atoms with Crippen molar-refractivity contribution in [1.82, 2.24) is 0 Å². The van der Waals surface area contributed by atoms with Gasteiger partial charge in [0.1, 0.15) is 18.2 Å². The predicted octanol–water partition coefficient (Wildman–Crippen LogP) is 7.04. The molecule has 0 aromatic heterocycles. The van der Waals surface area contributed by atoms with Gasteiger partial charge in [0.25, 0.3) is 0 Å². The lowest BCUT2D eigenvalue weighted by Gasteiger charge is -2.12. The lowest BCUT2D eigenvalue weighted by Crippen LogP contribution is -2.05. The van der Waals surface area contributed by atoms with Crippen molar-refractivity contribution in [2.75, 3.05) is 0 Å². The highest BCUT2D eigenvalue weighted by atomic mass is 79.9. The molecule has 1 aliphatic heterocycles. The van der Waals surface area contributed by atoms with E-state index in [2.05, 4.69) is 52.8 Å². The zero-order valence-corrected chi connectivity index (χ0v) is 20.5. The fourth-order valence-corrected chi connectivity index (χ4v) is 4.79. The van der Waals surface area contributed by atoms with Crippen molar-refractivity contribution in [2.45, 2.75) is 6.61 Å². The monoisotopic (exact) mass is 607 g/mol. The molecular weight excluding hydrogens is 597 g/mol. The van der Waals surface area contributed by atoms with E-state index in [1.54, 1.807) is 36.4 Å². The summed E-state index contributed by atoms with van der Waals surface area (Å²) in [5, 5.41) is 0. The van der Waals surface area contributed by atoms with Crippen LogP contribution in [0.3, 0.4) is 0 Å². The zero-order chi connectivity index (χ0) is 22.0. The number of ether oxygens (including phenoxy) is 2. The number of halogens is 4. The molecule has 3 aromatic rings. The lowest BCUT2D eigenvalue weighted by atomic mass is 10.2. The Hall–Kier alpha value is -2.29. The summed E-state index contributed by atoms with van der Waals surface area (Å²) in [6.45, 7) is 0.0796. The molecule has 0 amide bonds. The highest BCUT2D eigenvalue weighted by Crippen LogP contribution is 2.36. The maximum absolute atomic E-state index is 13.8. The number of aliphatic imine (C=N–C) groups is 1. The van der Waals surface area contributed by atoms with Crippen LogP contribution in [-0.2, 0) is 16.1 Å². The van der Waals surface area contributed by atoms with Crippen LogP contribution >= 0.6 is 47.8 Å². The Labute approximate surface area is 203 Å². The Morgan fingerprint density at radius 1 is 0.968 bits per heavy atom. The summed E-state index contributed by atoms with van der Waals surface area (Å²) in [4.78, 5) is 16.6. The van der Waals surface area contributed by atoms with Crippen molar-refractivity contribution in [2.24, 2.45) is 4.99 Å². The molecule has 3 aromatic carbocycles. The molecule has 1 heterocycles. The van der Waals surface area contributed by atoms with E-state index in [9.17, 15) is 9.18 Å². The maximum atomic E-state index is 13.8. The normalized spacial score (nSPS) is 14.5. The Bertz CT molecular complexity index is 1220. The van der Waals surface area contributed by atoms with E-state index in [0.29, 0.717) is 31.4 Å². The lowest BCUT2D eigenvalue weighted by molar-refractivity contribution is -0.129. The van der Waals surface area contributed by atoms with E-state index in [0.717, 1.165) is 4.47 Å². The average molecular weight is 610 g/mol. The predicted molar refractivity (Wildman–Crippen MR) is 127 cm³/mol. The van der Waals surface area contributed by atoms with Gasteiger partial charge in [0, 0.05) is 10.0 Å². The van der Waals surface area contributed by atoms with Gasteiger partial charge in [0.05, 0.1) is 14.5 Å². The maximum Gasteiger partial charge on any atom is 0.363 e. The third kappa shape index (κ3) is 4.97. The van der Waals surface area contributed by atoms with Crippen LogP contribution in [0, 0.1) is 5.82 Å². The van der Waals surface area contributed by atoms with Crippen molar-refractivity contribution in [3.05, 3.63) is 102 Å². The summed E-state index contributed by atoms with van der Waals surface area (Å²) in [6, 6.07) is 17.4. The van der Waals surface area contributed by atoms with E-state index < -0.39 is 5.97 Å². The van der Waals surface area contributed by atoms with Gasteiger partial charge < -0.3 is 9.47 Å². The molecule has 0 saturated heterocycles. The first-order valence-electron chi connectivity index (χ1n) is 9.05. The van der Waals surface area contributed by atoms with Gasteiger partial charge in [-0.25, -0.2) is 14.2 Å². The van der Waals surface area contributed by atoms with E-state index >= 15 is 0 Å². The molecule has 156 valence electrons. The summed E-state index contributed by atoms with van der Waals surface area (Å²) in [6.07, 6.45) is 1.63. The van der Waals surface area contributed by atoms with E-state index in [1.165, 1.54) is 6.07 Å². The molecule has 0 aliphatic carbocycles. The smallest absolute Gasteiger partial charge is 0.363 e. The van der Waals surface area contributed by atoms with Gasteiger partial charge in [-0.15, -0.1) is 0 Å². The van der Waals surface area contributed by atoms with Gasteiger partial charge in [-0.3, -0.25) is 0 Å². The van der Waals surface area contributed by atoms with Gasteiger partial charge >= 0.3 is 5.97 Å². The molecule has 31 heavy (non-hydrogen) atoms. The number of carbonyl (C=O) groups excluding carboxylic acids is 1. The zero-order valence-electron chi connectivity index (χ0n) is 15.7. The van der Waals surface area contributed by atoms with Crippen LogP contribution in [0.25, 0.3) is 6.08 Å². The molecule has 4 rings (SSSR count). The third-order valence-electron chi connectivity index (χ3n) is 4.38. The minimum absolute atomic E-state index is 0.0796. The SMILES string of the molecule is O=C1OC(c2ccccc2Br)=NC1=Cc1cc(Br)c(OCc2ccccc2F)c(Br)c1. The molecule has 0 radical (unpaired) electrons. The van der Waals surface area contributed by atoms with Crippen molar-refractivity contribution in [3.8, 4) is 5.75 Å². The van der Waals surface area contributed by atoms with E-state index in [1.807, 2.05) is 24.3 Å². The minimum Gasteiger partial charge on any atom is -0.486 e. The van der Waals surface area contributed by atoms with Gasteiger partial charge in [-0.2, -0.15) is 0 Å². The number of esters is 1. The third-order valence-corrected chi connectivity index (χ3v) is 6.25. The summed E-state index contributed by atoms with van der Waals surface area (Å²) < 4.78 is 27.0. The van der Waals surface area contributed by atoms with Crippen LogP contribution < -0.4 is 4.74 Å². The largest absolute Gasteiger partial charge is 0.486 e. The molecule has 8 heteroatoms. The minimum atomic E-state index is -0.530. The van der Waals surface area contributed by atoms with E-state index in [-0.39, 0.29) is 24.0 Å². The number of hydrogen-bond donors (Lipinski definition) is 0. The van der Waals surface area contributed by atoms with Crippen LogP contribution in [0.1, 0.15) is 16.7 Å². The second kappa shape index (κ2) is 9.46. The van der Waals surface area contributed by atoms with Crippen LogP contribution in [0.4, 0.5) is 4.39 Å². The van der Waals surface area contributed by atoms with Gasteiger partial charge in [-0.05, 0) is 89.8 Å². The molecule has 0 atom stereocenters. The first kappa shape index (κ1) is 21.9. The number of hydrogen-bond acceptors (Lipinski definition) is 4. The molecular formula is C23H13Br3FNO3. The Kier molecular flexibility index (Phi) is 6.69. The number of cyclic esters (lactones) is 1. The molecule has 0 spiro atoms.